The topological polar surface area (TPSA) is 20.2 Å². The summed E-state index contributed by atoms with van der Waals surface area (Å²) in [6, 6.07) is 18.4. The minimum atomic E-state index is 0.362. The van der Waals surface area contributed by atoms with Gasteiger partial charge in [-0.2, -0.15) is 0 Å². The molecular weight excluding hydrogens is 232 g/mol. The van der Waals surface area contributed by atoms with E-state index in [4.69, 9.17) is 0 Å². The molecule has 0 amide bonds. The van der Waals surface area contributed by atoms with Gasteiger partial charge in [0.2, 0.25) is 0 Å². The smallest absolute Gasteiger partial charge is 0.131 e. The molecule has 1 heteroatoms. The first-order valence-electron chi connectivity index (χ1n) is 6.44. The van der Waals surface area contributed by atoms with Crippen LogP contribution >= 0.6 is 0 Å². The predicted octanol–water partition coefficient (Wildman–Crippen LogP) is 4.83. The molecule has 0 aliphatic rings. The van der Waals surface area contributed by atoms with Gasteiger partial charge in [0.1, 0.15) is 5.75 Å². The third-order valence-electron chi connectivity index (χ3n) is 3.51. The van der Waals surface area contributed by atoms with E-state index in [0.29, 0.717) is 5.75 Å². The van der Waals surface area contributed by atoms with Crippen molar-refractivity contribution in [3.8, 4) is 16.9 Å². The zero-order chi connectivity index (χ0) is 13.4. The zero-order valence-corrected chi connectivity index (χ0v) is 11.1. The van der Waals surface area contributed by atoms with Crippen molar-refractivity contribution in [2.45, 2.75) is 13.8 Å². The van der Waals surface area contributed by atoms with Crippen molar-refractivity contribution < 1.29 is 5.11 Å². The molecule has 0 heterocycles. The SMILES string of the molecule is Cc1ccc(-c2ccc3cc(C)ccc3c2O)cc1. The van der Waals surface area contributed by atoms with Crippen LogP contribution in [0, 0.1) is 13.8 Å². The monoisotopic (exact) mass is 248 g/mol. The molecule has 19 heavy (non-hydrogen) atoms. The number of aryl methyl sites for hydroxylation is 2. The summed E-state index contributed by atoms with van der Waals surface area (Å²) in [5.41, 5.74) is 4.36. The van der Waals surface area contributed by atoms with Crippen molar-refractivity contribution in [1.82, 2.24) is 0 Å². The van der Waals surface area contributed by atoms with Gasteiger partial charge in [-0.1, -0.05) is 65.7 Å². The van der Waals surface area contributed by atoms with Crippen molar-refractivity contribution >= 4 is 10.8 Å². The van der Waals surface area contributed by atoms with E-state index in [1.807, 2.05) is 30.3 Å². The van der Waals surface area contributed by atoms with Crippen molar-refractivity contribution in [2.24, 2.45) is 0 Å². The maximum absolute atomic E-state index is 10.5. The zero-order valence-electron chi connectivity index (χ0n) is 11.1. The van der Waals surface area contributed by atoms with Crippen LogP contribution in [0.5, 0.6) is 5.75 Å². The van der Waals surface area contributed by atoms with E-state index in [9.17, 15) is 5.11 Å². The van der Waals surface area contributed by atoms with E-state index < -0.39 is 0 Å². The van der Waals surface area contributed by atoms with Crippen LogP contribution in [-0.4, -0.2) is 5.11 Å². The third kappa shape index (κ3) is 2.08. The summed E-state index contributed by atoms with van der Waals surface area (Å²) in [6.07, 6.45) is 0. The molecular formula is C18H16O. The molecule has 0 saturated carbocycles. The summed E-state index contributed by atoms with van der Waals surface area (Å²) in [4.78, 5) is 0. The minimum absolute atomic E-state index is 0.362. The minimum Gasteiger partial charge on any atom is -0.507 e. The van der Waals surface area contributed by atoms with Gasteiger partial charge in [-0.15, -0.1) is 0 Å². The Morgan fingerprint density at radius 2 is 1.42 bits per heavy atom. The standard InChI is InChI=1S/C18H16O/c1-12-3-6-14(7-4-12)16-10-8-15-11-13(2)5-9-17(15)18(16)19/h3-11,19H,1-2H3. The highest BCUT2D eigenvalue weighted by Gasteiger charge is 2.08. The van der Waals surface area contributed by atoms with Crippen LogP contribution in [0.4, 0.5) is 0 Å². The first-order valence-corrected chi connectivity index (χ1v) is 6.44. The molecule has 3 aromatic carbocycles. The second-order valence-corrected chi connectivity index (χ2v) is 5.05. The molecule has 3 rings (SSSR count). The lowest BCUT2D eigenvalue weighted by atomic mass is 9.98. The van der Waals surface area contributed by atoms with Crippen LogP contribution in [0.25, 0.3) is 21.9 Å². The highest BCUT2D eigenvalue weighted by Crippen LogP contribution is 2.36. The average molecular weight is 248 g/mol. The fourth-order valence-corrected chi connectivity index (χ4v) is 2.40. The lowest BCUT2D eigenvalue weighted by Crippen LogP contribution is -1.83. The van der Waals surface area contributed by atoms with Gasteiger partial charge >= 0.3 is 0 Å². The van der Waals surface area contributed by atoms with Crippen molar-refractivity contribution in [3.63, 3.8) is 0 Å². The Balaban J connectivity index is 2.22. The fraction of sp³-hybridized carbons (Fsp3) is 0.111. The van der Waals surface area contributed by atoms with E-state index in [1.54, 1.807) is 0 Å². The largest absolute Gasteiger partial charge is 0.507 e. The van der Waals surface area contributed by atoms with E-state index in [1.165, 1.54) is 11.1 Å². The first-order chi connectivity index (χ1) is 9.15. The Labute approximate surface area is 113 Å². The van der Waals surface area contributed by atoms with Crippen molar-refractivity contribution in [3.05, 3.63) is 65.7 Å². The number of rotatable bonds is 1. The number of phenols is 1. The van der Waals surface area contributed by atoms with Crippen molar-refractivity contribution in [2.75, 3.05) is 0 Å². The van der Waals surface area contributed by atoms with Gasteiger partial charge in [0.15, 0.2) is 0 Å². The van der Waals surface area contributed by atoms with E-state index in [2.05, 4.69) is 38.1 Å². The summed E-state index contributed by atoms with van der Waals surface area (Å²) in [7, 11) is 0. The number of aromatic hydroxyl groups is 1. The van der Waals surface area contributed by atoms with Crippen LogP contribution in [0.15, 0.2) is 54.6 Å². The number of phenolic OH excluding ortho intramolecular Hbond substituents is 1. The maximum Gasteiger partial charge on any atom is 0.131 e. The number of benzene rings is 3. The number of hydrogen-bond donors (Lipinski definition) is 1. The first kappa shape index (κ1) is 11.8. The lowest BCUT2D eigenvalue weighted by Gasteiger charge is -2.09. The Morgan fingerprint density at radius 3 is 2.16 bits per heavy atom. The lowest BCUT2D eigenvalue weighted by molar-refractivity contribution is 0.483. The van der Waals surface area contributed by atoms with Gasteiger partial charge < -0.3 is 5.11 Å². The van der Waals surface area contributed by atoms with Crippen LogP contribution in [0.2, 0.25) is 0 Å². The van der Waals surface area contributed by atoms with Gasteiger partial charge in [-0.3, -0.25) is 0 Å². The Hall–Kier alpha value is -2.28. The van der Waals surface area contributed by atoms with Gasteiger partial charge in [-0.25, -0.2) is 0 Å². The molecule has 3 aromatic rings. The Kier molecular flexibility index (Phi) is 2.75. The molecule has 94 valence electrons. The van der Waals surface area contributed by atoms with Crippen LogP contribution in [0.3, 0.4) is 0 Å². The summed E-state index contributed by atoms with van der Waals surface area (Å²) >= 11 is 0. The van der Waals surface area contributed by atoms with E-state index in [-0.39, 0.29) is 0 Å². The molecule has 0 spiro atoms. The Bertz CT molecular complexity index is 739. The molecule has 1 N–H and O–H groups in total. The molecule has 0 aliphatic carbocycles. The maximum atomic E-state index is 10.5. The fourth-order valence-electron chi connectivity index (χ4n) is 2.40. The molecule has 0 unspecified atom stereocenters. The van der Waals surface area contributed by atoms with Gasteiger partial charge in [-0.05, 0) is 24.8 Å². The van der Waals surface area contributed by atoms with E-state index >= 15 is 0 Å². The Morgan fingerprint density at radius 1 is 0.737 bits per heavy atom. The summed E-state index contributed by atoms with van der Waals surface area (Å²) in [5, 5.41) is 12.4. The average Bonchev–Trinajstić information content (AvgIpc) is 2.40. The molecule has 1 nitrogen and oxygen atoms in total. The highest BCUT2D eigenvalue weighted by atomic mass is 16.3. The summed E-state index contributed by atoms with van der Waals surface area (Å²) in [6.45, 7) is 4.12. The molecule has 0 fully saturated rings. The van der Waals surface area contributed by atoms with Crippen molar-refractivity contribution in [1.29, 1.82) is 0 Å². The van der Waals surface area contributed by atoms with Crippen LogP contribution in [0.1, 0.15) is 11.1 Å². The molecule has 0 bridgehead atoms. The number of fused-ring (bicyclic) bond motifs is 1. The molecule has 0 atom stereocenters. The molecule has 0 aromatic heterocycles. The van der Waals surface area contributed by atoms with E-state index in [0.717, 1.165) is 21.9 Å². The normalized spacial score (nSPS) is 10.8. The highest BCUT2D eigenvalue weighted by molar-refractivity contribution is 5.95. The second-order valence-electron chi connectivity index (χ2n) is 5.05. The van der Waals surface area contributed by atoms with Gasteiger partial charge in [0.05, 0.1) is 0 Å². The second kappa shape index (κ2) is 4.43. The van der Waals surface area contributed by atoms with Crippen LogP contribution < -0.4 is 0 Å². The molecule has 0 radical (unpaired) electrons. The summed E-state index contributed by atoms with van der Waals surface area (Å²) < 4.78 is 0. The molecule has 0 saturated heterocycles. The summed E-state index contributed by atoms with van der Waals surface area (Å²) in [5.74, 6) is 0.362. The quantitative estimate of drug-likeness (QED) is 0.654. The predicted molar refractivity (Wildman–Crippen MR) is 80.5 cm³/mol. The third-order valence-corrected chi connectivity index (χ3v) is 3.51. The van der Waals surface area contributed by atoms with Crippen LogP contribution in [-0.2, 0) is 0 Å². The number of hydrogen-bond acceptors (Lipinski definition) is 1. The van der Waals surface area contributed by atoms with Gasteiger partial charge in [0, 0.05) is 10.9 Å². The van der Waals surface area contributed by atoms with Gasteiger partial charge in [0.25, 0.3) is 0 Å². The molecule has 0 aliphatic heterocycles.